The number of rotatable bonds is 3. The van der Waals surface area contributed by atoms with Crippen LogP contribution in [0.4, 0.5) is 15.8 Å². The number of hydrogen-bond acceptors (Lipinski definition) is 6. The smallest absolute Gasteiger partial charge is 0.318 e. The predicted octanol–water partition coefficient (Wildman–Crippen LogP) is 2.17. The van der Waals surface area contributed by atoms with E-state index in [-0.39, 0.29) is 24.4 Å². The Morgan fingerprint density at radius 3 is 2.90 bits per heavy atom. The molecule has 0 radical (unpaired) electrons. The third-order valence-electron chi connectivity index (χ3n) is 3.01. The average Bonchev–Trinajstić information content (AvgIpc) is 2.41. The number of nitro benzene ring substituents is 1. The number of carbonyl (C=O) groups excluding carboxylic acids is 2. The van der Waals surface area contributed by atoms with Gasteiger partial charge in [0, 0.05) is 6.54 Å². The van der Waals surface area contributed by atoms with E-state index in [1.165, 1.54) is 0 Å². The van der Waals surface area contributed by atoms with Gasteiger partial charge in [-0.15, -0.1) is 0 Å². The molecule has 1 atom stereocenters. The number of ether oxygens (including phenoxy) is 1. The minimum absolute atomic E-state index is 0.0879. The fraction of sp³-hybridized carbons (Fsp3) is 0.333. The first-order valence-corrected chi connectivity index (χ1v) is 6.37. The Hall–Kier alpha value is -2.22. The van der Waals surface area contributed by atoms with Crippen molar-refractivity contribution in [2.45, 2.75) is 6.92 Å². The van der Waals surface area contributed by atoms with Crippen LogP contribution in [-0.2, 0) is 9.53 Å². The van der Waals surface area contributed by atoms with Crippen molar-refractivity contribution in [2.24, 2.45) is 5.92 Å². The molecule has 0 bridgehead atoms. The second-order valence-electron chi connectivity index (χ2n) is 4.25. The average molecular weight is 317 g/mol. The maximum Gasteiger partial charge on any atom is 0.318 e. The third-order valence-corrected chi connectivity index (χ3v) is 3.37. The second-order valence-corrected chi connectivity index (χ2v) is 4.63. The van der Waals surface area contributed by atoms with E-state index in [9.17, 15) is 24.1 Å². The van der Waals surface area contributed by atoms with Gasteiger partial charge in [-0.05, 0) is 13.0 Å². The zero-order valence-electron chi connectivity index (χ0n) is 10.8. The highest BCUT2D eigenvalue weighted by Crippen LogP contribution is 2.40. The monoisotopic (exact) mass is 316 g/mol. The molecule has 1 aromatic rings. The summed E-state index contributed by atoms with van der Waals surface area (Å²) in [6.45, 7) is 1.49. The quantitative estimate of drug-likeness (QED) is 0.397. The molecule has 21 heavy (non-hydrogen) atoms. The van der Waals surface area contributed by atoms with E-state index >= 15 is 0 Å². The number of esters is 1. The van der Waals surface area contributed by atoms with Gasteiger partial charge in [0.2, 0.25) is 0 Å². The number of benzene rings is 1. The number of fused-ring (bicyclic) bond motifs is 1. The summed E-state index contributed by atoms with van der Waals surface area (Å²) < 4.78 is 18.4. The van der Waals surface area contributed by atoms with Crippen molar-refractivity contribution in [2.75, 3.05) is 18.5 Å². The summed E-state index contributed by atoms with van der Waals surface area (Å²) in [7, 11) is 0. The van der Waals surface area contributed by atoms with Crippen LogP contribution in [0.5, 0.6) is 0 Å². The number of nitrogens with one attached hydrogen (secondary N) is 1. The molecule has 112 valence electrons. The molecule has 0 aliphatic carbocycles. The molecule has 1 aliphatic rings. The molecule has 0 amide bonds. The Morgan fingerprint density at radius 2 is 2.33 bits per heavy atom. The van der Waals surface area contributed by atoms with Gasteiger partial charge in [-0.2, -0.15) is 0 Å². The van der Waals surface area contributed by atoms with Crippen LogP contribution in [0.25, 0.3) is 0 Å². The van der Waals surface area contributed by atoms with Gasteiger partial charge in [0.15, 0.2) is 10.8 Å². The van der Waals surface area contributed by atoms with E-state index in [4.69, 9.17) is 16.3 Å². The molecule has 2 rings (SSSR count). The van der Waals surface area contributed by atoms with Crippen LogP contribution in [0, 0.1) is 21.8 Å². The molecular weight excluding hydrogens is 307 g/mol. The highest BCUT2D eigenvalue weighted by Gasteiger charge is 2.39. The third kappa shape index (κ3) is 2.54. The normalized spacial score (nSPS) is 16.9. The molecule has 0 fully saturated rings. The van der Waals surface area contributed by atoms with Crippen molar-refractivity contribution >= 4 is 34.7 Å². The number of halogens is 2. The largest absolute Gasteiger partial charge is 0.465 e. The van der Waals surface area contributed by atoms with E-state index in [0.717, 1.165) is 6.07 Å². The first-order valence-electron chi connectivity index (χ1n) is 5.99. The van der Waals surface area contributed by atoms with Gasteiger partial charge in [-0.25, -0.2) is 4.39 Å². The molecule has 1 heterocycles. The van der Waals surface area contributed by atoms with Gasteiger partial charge in [-0.1, -0.05) is 11.6 Å². The van der Waals surface area contributed by atoms with Crippen LogP contribution in [0.1, 0.15) is 17.3 Å². The van der Waals surface area contributed by atoms with Crippen molar-refractivity contribution in [3.63, 3.8) is 0 Å². The number of nitro groups is 1. The van der Waals surface area contributed by atoms with E-state index in [1.807, 2.05) is 0 Å². The lowest BCUT2D eigenvalue weighted by Crippen LogP contribution is -2.37. The summed E-state index contributed by atoms with van der Waals surface area (Å²) in [4.78, 5) is 34.0. The molecule has 9 heteroatoms. The molecule has 7 nitrogen and oxygen atoms in total. The Kier molecular flexibility index (Phi) is 4.08. The summed E-state index contributed by atoms with van der Waals surface area (Å²) in [5, 5.41) is 12.9. The van der Waals surface area contributed by atoms with Crippen molar-refractivity contribution < 1.29 is 23.6 Å². The minimum atomic E-state index is -1.17. The molecular formula is C12H10ClFN2O5. The lowest BCUT2D eigenvalue weighted by atomic mass is 9.91. The molecule has 1 N–H and O–H groups in total. The lowest BCUT2D eigenvalue weighted by Gasteiger charge is -2.23. The molecule has 0 saturated heterocycles. The zero-order valence-corrected chi connectivity index (χ0v) is 11.6. The van der Waals surface area contributed by atoms with Crippen LogP contribution in [0.3, 0.4) is 0 Å². The van der Waals surface area contributed by atoms with E-state index in [1.54, 1.807) is 6.92 Å². The Balaban J connectivity index is 2.52. The number of hydrogen-bond donors (Lipinski definition) is 1. The van der Waals surface area contributed by atoms with Gasteiger partial charge >= 0.3 is 11.7 Å². The number of anilines is 1. The van der Waals surface area contributed by atoms with Gasteiger partial charge in [0.1, 0.15) is 17.4 Å². The van der Waals surface area contributed by atoms with Gasteiger partial charge in [0.25, 0.3) is 0 Å². The van der Waals surface area contributed by atoms with Crippen molar-refractivity contribution in [1.29, 1.82) is 0 Å². The zero-order chi connectivity index (χ0) is 15.7. The highest BCUT2D eigenvalue weighted by atomic mass is 35.5. The summed E-state index contributed by atoms with van der Waals surface area (Å²) in [5.41, 5.74) is -1.19. The maximum atomic E-state index is 13.6. The molecule has 0 spiro atoms. The maximum absolute atomic E-state index is 13.6. The fourth-order valence-corrected chi connectivity index (χ4v) is 2.29. The predicted molar refractivity (Wildman–Crippen MR) is 71.0 cm³/mol. The summed E-state index contributed by atoms with van der Waals surface area (Å²) >= 11 is 5.56. The van der Waals surface area contributed by atoms with Crippen molar-refractivity contribution in [3.8, 4) is 0 Å². The topological polar surface area (TPSA) is 98.5 Å². The molecule has 1 aliphatic heterocycles. The molecule has 0 saturated carbocycles. The van der Waals surface area contributed by atoms with Crippen molar-refractivity contribution in [1.82, 2.24) is 0 Å². The van der Waals surface area contributed by atoms with E-state index in [0.29, 0.717) is 0 Å². The van der Waals surface area contributed by atoms with Crippen molar-refractivity contribution in [3.05, 3.63) is 32.6 Å². The molecule has 0 aromatic heterocycles. The molecule has 1 unspecified atom stereocenters. The number of carbonyl (C=O) groups is 2. The van der Waals surface area contributed by atoms with Gasteiger partial charge < -0.3 is 10.1 Å². The van der Waals surface area contributed by atoms with Gasteiger partial charge in [-0.3, -0.25) is 19.7 Å². The number of Topliss-reactive ketones (excluding diaryl/α,β-unsaturated/α-hetero) is 1. The first-order chi connectivity index (χ1) is 9.88. The second kappa shape index (κ2) is 5.65. The van der Waals surface area contributed by atoms with Crippen LogP contribution in [0.2, 0.25) is 5.02 Å². The van der Waals surface area contributed by atoms with E-state index in [2.05, 4.69) is 5.32 Å². The molecule has 1 aromatic carbocycles. The Labute approximate surface area is 123 Å². The standard InChI is InChI=1S/C12H10ClFN2O5/c1-2-21-12(18)6-4-15-9-5(11(6)17)3-7(14)8(13)10(9)16(19)20/h3,6,15H,2,4H2,1H3. The number of ketones is 1. The van der Waals surface area contributed by atoms with E-state index < -0.39 is 39.1 Å². The van der Waals surface area contributed by atoms with Crippen LogP contribution in [-0.4, -0.2) is 29.8 Å². The fourth-order valence-electron chi connectivity index (χ4n) is 2.08. The summed E-state index contributed by atoms with van der Waals surface area (Å²) in [6.07, 6.45) is 0. The van der Waals surface area contributed by atoms with Crippen LogP contribution >= 0.6 is 11.6 Å². The summed E-state index contributed by atoms with van der Waals surface area (Å²) in [6, 6.07) is 0.783. The Morgan fingerprint density at radius 1 is 1.67 bits per heavy atom. The van der Waals surface area contributed by atoms with Crippen LogP contribution in [0.15, 0.2) is 6.07 Å². The lowest BCUT2D eigenvalue weighted by molar-refractivity contribution is -0.384. The Bertz CT molecular complexity index is 649. The van der Waals surface area contributed by atoms with Gasteiger partial charge in [0.05, 0.1) is 17.1 Å². The first kappa shape index (κ1) is 15.2. The minimum Gasteiger partial charge on any atom is -0.465 e. The highest BCUT2D eigenvalue weighted by molar-refractivity contribution is 6.34. The SMILES string of the molecule is CCOC(=O)C1CNc2c(cc(F)c(Cl)c2[N+](=O)[O-])C1=O. The number of nitrogens with zero attached hydrogens (tertiary/aromatic N) is 1. The van der Waals surface area contributed by atoms with Crippen LogP contribution < -0.4 is 5.32 Å². The summed E-state index contributed by atoms with van der Waals surface area (Å²) in [5.74, 6) is -3.76.